The zero-order valence-corrected chi connectivity index (χ0v) is 12.2. The van der Waals surface area contributed by atoms with E-state index in [0.29, 0.717) is 13.2 Å². The molecule has 0 aromatic carbocycles. The summed E-state index contributed by atoms with van der Waals surface area (Å²) in [5.41, 5.74) is 0.955. The molecular weight excluding hydrogens is 244 g/mol. The van der Waals surface area contributed by atoms with Gasteiger partial charge in [0.1, 0.15) is 6.54 Å². The molecule has 0 saturated heterocycles. The van der Waals surface area contributed by atoms with Gasteiger partial charge in [0.15, 0.2) is 11.7 Å². The van der Waals surface area contributed by atoms with Crippen molar-refractivity contribution in [3.05, 3.63) is 17.5 Å². The molecule has 1 atom stereocenters. The predicted octanol–water partition coefficient (Wildman–Crippen LogP) is 1.33. The van der Waals surface area contributed by atoms with Crippen molar-refractivity contribution in [2.75, 3.05) is 20.3 Å². The number of aryl methyl sites for hydroxylation is 1. The zero-order chi connectivity index (χ0) is 14.1. The quantitative estimate of drug-likeness (QED) is 0.576. The number of guanidine groups is 1. The van der Waals surface area contributed by atoms with Gasteiger partial charge < -0.3 is 19.9 Å². The Bertz CT molecular complexity index is 390. The molecular formula is C13H24N4O2. The second-order valence-corrected chi connectivity index (χ2v) is 4.33. The van der Waals surface area contributed by atoms with Gasteiger partial charge in [0.05, 0.1) is 12.3 Å². The predicted molar refractivity (Wildman–Crippen MR) is 75.2 cm³/mol. The summed E-state index contributed by atoms with van der Waals surface area (Å²) in [6.45, 7) is 8.03. The molecule has 0 aliphatic carbocycles. The van der Waals surface area contributed by atoms with Crippen LogP contribution in [0.1, 0.15) is 32.2 Å². The topological polar surface area (TPSA) is 71.7 Å². The van der Waals surface area contributed by atoms with Crippen LogP contribution in [0.4, 0.5) is 0 Å². The molecule has 0 aliphatic heterocycles. The Labute approximate surface area is 114 Å². The molecule has 19 heavy (non-hydrogen) atoms. The van der Waals surface area contributed by atoms with E-state index in [-0.39, 0.29) is 6.04 Å². The van der Waals surface area contributed by atoms with Gasteiger partial charge in [0.2, 0.25) is 0 Å². The van der Waals surface area contributed by atoms with Gasteiger partial charge in [-0.1, -0.05) is 12.1 Å². The minimum Gasteiger partial charge on any atom is -0.383 e. The zero-order valence-electron chi connectivity index (χ0n) is 12.2. The van der Waals surface area contributed by atoms with Crippen LogP contribution >= 0.6 is 0 Å². The first-order chi connectivity index (χ1) is 9.19. The Morgan fingerprint density at radius 1 is 1.53 bits per heavy atom. The molecule has 6 heteroatoms. The smallest absolute Gasteiger partial charge is 0.191 e. The lowest BCUT2D eigenvalue weighted by Crippen LogP contribution is -2.43. The van der Waals surface area contributed by atoms with Crippen molar-refractivity contribution in [3.63, 3.8) is 0 Å². The van der Waals surface area contributed by atoms with Crippen LogP contribution in [-0.2, 0) is 17.7 Å². The molecule has 1 heterocycles. The molecule has 108 valence electrons. The van der Waals surface area contributed by atoms with Crippen molar-refractivity contribution >= 4 is 5.96 Å². The molecule has 0 spiro atoms. The van der Waals surface area contributed by atoms with E-state index < -0.39 is 0 Å². The van der Waals surface area contributed by atoms with Crippen LogP contribution in [0.3, 0.4) is 0 Å². The Morgan fingerprint density at radius 3 is 2.89 bits per heavy atom. The normalized spacial score (nSPS) is 13.4. The second kappa shape index (κ2) is 8.53. The summed E-state index contributed by atoms with van der Waals surface area (Å²) in [5.74, 6) is 1.52. The van der Waals surface area contributed by atoms with Crippen LogP contribution in [0.2, 0.25) is 0 Å². The van der Waals surface area contributed by atoms with Gasteiger partial charge in [0.25, 0.3) is 0 Å². The molecule has 1 aromatic heterocycles. The van der Waals surface area contributed by atoms with Crippen LogP contribution in [0, 0.1) is 0 Å². The maximum absolute atomic E-state index is 5.20. The van der Waals surface area contributed by atoms with E-state index in [1.807, 2.05) is 26.8 Å². The van der Waals surface area contributed by atoms with Crippen LogP contribution < -0.4 is 10.6 Å². The summed E-state index contributed by atoms with van der Waals surface area (Å²) in [7, 11) is 1.68. The third-order valence-electron chi connectivity index (χ3n) is 2.51. The lowest BCUT2D eigenvalue weighted by atomic mass is 10.3. The SMILES string of the molecule is CCNC(=NCc1cc(CC)no1)NC(C)COC. The highest BCUT2D eigenvalue weighted by atomic mass is 16.5. The van der Waals surface area contributed by atoms with E-state index in [1.54, 1.807) is 7.11 Å². The Kier molecular flexibility index (Phi) is 6.95. The molecule has 0 fully saturated rings. The van der Waals surface area contributed by atoms with Gasteiger partial charge in [-0.3, -0.25) is 0 Å². The Balaban J connectivity index is 2.56. The van der Waals surface area contributed by atoms with Gasteiger partial charge in [0, 0.05) is 25.8 Å². The molecule has 1 unspecified atom stereocenters. The van der Waals surface area contributed by atoms with Gasteiger partial charge >= 0.3 is 0 Å². The summed E-state index contributed by atoms with van der Waals surface area (Å²) in [5, 5.41) is 10.4. The molecule has 0 radical (unpaired) electrons. The third kappa shape index (κ3) is 5.74. The van der Waals surface area contributed by atoms with Crippen molar-refractivity contribution in [1.29, 1.82) is 0 Å². The minimum atomic E-state index is 0.198. The van der Waals surface area contributed by atoms with Crippen molar-refractivity contribution < 1.29 is 9.26 Å². The van der Waals surface area contributed by atoms with E-state index in [9.17, 15) is 0 Å². The molecule has 0 saturated carbocycles. The molecule has 0 amide bonds. The standard InChI is InChI=1S/C13H24N4O2/c1-5-11-7-12(19-17-11)8-15-13(14-6-2)16-10(3)9-18-4/h7,10H,5-6,8-9H2,1-4H3,(H2,14,15,16). The highest BCUT2D eigenvalue weighted by Gasteiger charge is 2.06. The van der Waals surface area contributed by atoms with Gasteiger partial charge in [-0.2, -0.15) is 0 Å². The Morgan fingerprint density at radius 2 is 2.32 bits per heavy atom. The average Bonchev–Trinajstić information content (AvgIpc) is 2.84. The number of rotatable bonds is 7. The first kappa shape index (κ1) is 15.5. The van der Waals surface area contributed by atoms with Crippen molar-refractivity contribution in [2.45, 2.75) is 39.8 Å². The number of ether oxygens (including phenoxy) is 1. The number of hydrogen-bond donors (Lipinski definition) is 2. The average molecular weight is 268 g/mol. The summed E-state index contributed by atoms with van der Waals surface area (Å²) < 4.78 is 10.3. The highest BCUT2D eigenvalue weighted by Crippen LogP contribution is 2.05. The molecule has 1 aromatic rings. The van der Waals surface area contributed by atoms with Crippen molar-refractivity contribution in [1.82, 2.24) is 15.8 Å². The number of aromatic nitrogens is 1. The number of aliphatic imine (C=N–C) groups is 1. The van der Waals surface area contributed by atoms with Crippen LogP contribution in [-0.4, -0.2) is 37.4 Å². The molecule has 0 aliphatic rings. The summed E-state index contributed by atoms with van der Waals surface area (Å²) in [6, 6.07) is 2.13. The number of hydrogen-bond acceptors (Lipinski definition) is 4. The van der Waals surface area contributed by atoms with E-state index in [0.717, 1.165) is 30.4 Å². The fraction of sp³-hybridized carbons (Fsp3) is 0.692. The van der Waals surface area contributed by atoms with Gasteiger partial charge in [-0.05, 0) is 20.3 Å². The van der Waals surface area contributed by atoms with Crippen LogP contribution in [0.25, 0.3) is 0 Å². The van der Waals surface area contributed by atoms with Gasteiger partial charge in [-0.25, -0.2) is 4.99 Å². The lowest BCUT2D eigenvalue weighted by Gasteiger charge is -2.16. The lowest BCUT2D eigenvalue weighted by molar-refractivity contribution is 0.179. The van der Waals surface area contributed by atoms with E-state index in [4.69, 9.17) is 9.26 Å². The minimum absolute atomic E-state index is 0.198. The third-order valence-corrected chi connectivity index (χ3v) is 2.51. The highest BCUT2D eigenvalue weighted by molar-refractivity contribution is 5.80. The van der Waals surface area contributed by atoms with Crippen molar-refractivity contribution in [3.8, 4) is 0 Å². The molecule has 2 N–H and O–H groups in total. The largest absolute Gasteiger partial charge is 0.383 e. The first-order valence-electron chi connectivity index (χ1n) is 6.67. The summed E-state index contributed by atoms with van der Waals surface area (Å²) in [6.07, 6.45) is 0.871. The maximum atomic E-state index is 5.20. The molecule has 1 rings (SSSR count). The molecule has 0 bridgehead atoms. The second-order valence-electron chi connectivity index (χ2n) is 4.33. The van der Waals surface area contributed by atoms with Crippen molar-refractivity contribution in [2.24, 2.45) is 4.99 Å². The van der Waals surface area contributed by atoms with E-state index >= 15 is 0 Å². The van der Waals surface area contributed by atoms with E-state index in [2.05, 4.69) is 20.8 Å². The number of nitrogens with one attached hydrogen (secondary N) is 2. The summed E-state index contributed by atoms with van der Waals surface area (Å²) >= 11 is 0. The number of methoxy groups -OCH3 is 1. The van der Waals surface area contributed by atoms with E-state index in [1.165, 1.54) is 0 Å². The maximum Gasteiger partial charge on any atom is 0.191 e. The fourth-order valence-corrected chi connectivity index (χ4v) is 1.60. The monoisotopic (exact) mass is 268 g/mol. The van der Waals surface area contributed by atoms with Crippen LogP contribution in [0.15, 0.2) is 15.6 Å². The fourth-order valence-electron chi connectivity index (χ4n) is 1.60. The molecule has 6 nitrogen and oxygen atoms in total. The number of nitrogens with zero attached hydrogens (tertiary/aromatic N) is 2. The summed E-state index contributed by atoms with van der Waals surface area (Å²) in [4.78, 5) is 4.46. The van der Waals surface area contributed by atoms with Crippen LogP contribution in [0.5, 0.6) is 0 Å². The Hall–Kier alpha value is -1.56. The first-order valence-corrected chi connectivity index (χ1v) is 6.67. The van der Waals surface area contributed by atoms with Gasteiger partial charge in [-0.15, -0.1) is 0 Å².